The van der Waals surface area contributed by atoms with Crippen molar-refractivity contribution < 1.29 is 40.9 Å². The molecule has 42 heavy (non-hydrogen) atoms. The van der Waals surface area contributed by atoms with E-state index in [-0.39, 0.29) is 37.2 Å². The number of carbonyl (C=O) groups is 2. The highest BCUT2D eigenvalue weighted by molar-refractivity contribution is 7.86. The maximum absolute atomic E-state index is 17.6. The molecule has 6 rings (SSSR count). The van der Waals surface area contributed by atoms with Crippen molar-refractivity contribution >= 4 is 33.3 Å². The normalized spacial score (nSPS) is 41.4. The number of Topliss-reactive ketones (excluding diaryl/α,β-unsaturated/α-hetero) is 1. The third kappa shape index (κ3) is 4.14. The molecule has 3 fully saturated rings. The lowest BCUT2D eigenvalue weighted by molar-refractivity contribution is -0.266. The Balaban J connectivity index is 1.41. The maximum Gasteiger partial charge on any atom is 0.264 e. The number of halogens is 3. The molecular weight excluding hydrogens is 592 g/mol. The number of allylic oxidation sites excluding steroid dienone is 4. The van der Waals surface area contributed by atoms with E-state index in [1.54, 1.807) is 24.1 Å². The highest BCUT2D eigenvalue weighted by atomic mass is 35.5. The summed E-state index contributed by atoms with van der Waals surface area (Å²) >= 11 is 6.03. The van der Waals surface area contributed by atoms with E-state index >= 15 is 8.78 Å². The Morgan fingerprint density at radius 3 is 2.60 bits per heavy atom. The van der Waals surface area contributed by atoms with E-state index in [2.05, 4.69) is 0 Å². The van der Waals surface area contributed by atoms with Gasteiger partial charge in [-0.25, -0.2) is 8.78 Å². The van der Waals surface area contributed by atoms with Crippen molar-refractivity contribution in [2.45, 2.75) is 63.4 Å². The largest absolute Gasteiger partial charge is 0.390 e. The molecule has 228 valence electrons. The van der Waals surface area contributed by atoms with E-state index in [9.17, 15) is 23.1 Å². The Morgan fingerprint density at radius 2 is 1.93 bits per heavy atom. The lowest BCUT2D eigenvalue weighted by Gasteiger charge is -2.62. The summed E-state index contributed by atoms with van der Waals surface area (Å²) in [6.45, 7) is 3.08. The van der Waals surface area contributed by atoms with Crippen molar-refractivity contribution in [3.05, 3.63) is 58.4 Å². The Kier molecular flexibility index (Phi) is 6.96. The molecule has 4 aliphatic carbocycles. The summed E-state index contributed by atoms with van der Waals surface area (Å²) in [6.07, 6.45) is 1.41. The third-order valence-electron chi connectivity index (χ3n) is 10.8. The van der Waals surface area contributed by atoms with Crippen LogP contribution in [0.15, 0.2) is 47.8 Å². The van der Waals surface area contributed by atoms with Gasteiger partial charge in [-0.3, -0.25) is 18.6 Å². The Bertz CT molecular complexity index is 1520. The number of carbonyl (C=O) groups excluding carboxylic acids is 2. The molecule has 1 aliphatic heterocycles. The molecule has 0 aromatic heterocycles. The fourth-order valence-corrected chi connectivity index (χ4v) is 9.40. The second-order valence-electron chi connectivity index (χ2n) is 13.0. The van der Waals surface area contributed by atoms with E-state index in [0.29, 0.717) is 18.0 Å². The van der Waals surface area contributed by atoms with Crippen LogP contribution >= 0.6 is 11.6 Å². The zero-order chi connectivity index (χ0) is 30.5. The number of fused-ring (bicyclic) bond motifs is 7. The second kappa shape index (κ2) is 9.74. The van der Waals surface area contributed by atoms with Crippen LogP contribution in [0.4, 0.5) is 8.78 Å². The number of alkyl halides is 1. The lowest BCUT2D eigenvalue weighted by atomic mass is 9.45. The number of rotatable bonds is 6. The SMILES string of the molecule is C[C@]12C=CC(=O)CC1=C(F)C[C@H]1[C@@H]3C[C@H]4CN(Cc5ccc(Cl)cc5)O[C@@]4(C(=O)COS(C)(=O)=O)[C@@]3(C)C[C@H](O)[C@@]12F. The minimum Gasteiger partial charge on any atom is -0.390 e. The first-order valence-corrected chi connectivity index (χ1v) is 16.3. The standard InChI is InChI=1S/C30H34ClF2NO7S/c1-27-9-8-20(35)11-23(27)24(32)12-22-21-10-18-15-34(14-17-4-6-19(31)7-5-17)41-30(18,26(37)16-40-42(3,38)39)28(21,2)13-25(36)29(22,27)33/h4-9,18,21-22,25,36H,10-16H2,1-3H3/t18-,21-,22-,25-,27-,28-,29-,30-/m0/s1. The summed E-state index contributed by atoms with van der Waals surface area (Å²) in [6, 6.07) is 7.12. The smallest absolute Gasteiger partial charge is 0.264 e. The van der Waals surface area contributed by atoms with Gasteiger partial charge in [0.15, 0.2) is 22.8 Å². The molecule has 8 atom stereocenters. The molecule has 8 nitrogen and oxygen atoms in total. The predicted molar refractivity (Wildman–Crippen MR) is 149 cm³/mol. The molecule has 5 aliphatic rings. The summed E-state index contributed by atoms with van der Waals surface area (Å²) < 4.78 is 62.0. The van der Waals surface area contributed by atoms with Gasteiger partial charge in [-0.05, 0) is 55.0 Å². The van der Waals surface area contributed by atoms with Gasteiger partial charge in [0.2, 0.25) is 0 Å². The van der Waals surface area contributed by atoms with E-state index in [0.717, 1.165) is 11.8 Å². The van der Waals surface area contributed by atoms with Crippen LogP contribution < -0.4 is 0 Å². The van der Waals surface area contributed by atoms with Gasteiger partial charge in [-0.1, -0.05) is 36.7 Å². The summed E-state index contributed by atoms with van der Waals surface area (Å²) in [4.78, 5) is 32.7. The highest BCUT2D eigenvalue weighted by Crippen LogP contribution is 2.72. The van der Waals surface area contributed by atoms with Crippen molar-refractivity contribution in [2.75, 3.05) is 19.4 Å². The molecule has 1 saturated heterocycles. The van der Waals surface area contributed by atoms with Crippen LogP contribution in [0, 0.1) is 28.6 Å². The van der Waals surface area contributed by atoms with Gasteiger partial charge >= 0.3 is 0 Å². The van der Waals surface area contributed by atoms with Crippen molar-refractivity contribution in [3.8, 4) is 0 Å². The average molecular weight is 626 g/mol. The van der Waals surface area contributed by atoms with Crippen LogP contribution in [0.2, 0.25) is 5.02 Å². The lowest BCUT2D eigenvalue weighted by Crippen LogP contribution is -2.69. The molecule has 1 aromatic rings. The first-order chi connectivity index (χ1) is 19.5. The first kappa shape index (κ1) is 30.0. The average Bonchev–Trinajstić information content (AvgIpc) is 3.39. The van der Waals surface area contributed by atoms with Crippen molar-refractivity contribution in [1.29, 1.82) is 0 Å². The van der Waals surface area contributed by atoms with Gasteiger partial charge in [-0.15, -0.1) is 0 Å². The molecule has 0 spiro atoms. The highest BCUT2D eigenvalue weighted by Gasteiger charge is 2.79. The van der Waals surface area contributed by atoms with Crippen LogP contribution in [0.25, 0.3) is 0 Å². The van der Waals surface area contributed by atoms with Crippen molar-refractivity contribution in [1.82, 2.24) is 5.06 Å². The number of hydrogen-bond donors (Lipinski definition) is 1. The van der Waals surface area contributed by atoms with E-state index in [1.165, 1.54) is 19.1 Å². The minimum absolute atomic E-state index is 0.0623. The number of nitrogens with zero attached hydrogens (tertiary/aromatic N) is 1. The third-order valence-corrected chi connectivity index (χ3v) is 11.6. The Hall–Kier alpha value is -2.02. The molecule has 1 heterocycles. The van der Waals surface area contributed by atoms with Crippen LogP contribution in [-0.4, -0.2) is 66.9 Å². The zero-order valence-electron chi connectivity index (χ0n) is 23.6. The quantitative estimate of drug-likeness (QED) is 0.467. The van der Waals surface area contributed by atoms with Crippen LogP contribution in [0.1, 0.15) is 45.1 Å². The molecule has 0 amide bonds. The maximum atomic E-state index is 17.6. The van der Waals surface area contributed by atoms with Gasteiger partial charge in [0.25, 0.3) is 10.1 Å². The monoisotopic (exact) mass is 625 g/mol. The van der Waals surface area contributed by atoms with E-state index in [4.69, 9.17) is 20.6 Å². The van der Waals surface area contributed by atoms with Gasteiger partial charge in [0.1, 0.15) is 12.4 Å². The second-order valence-corrected chi connectivity index (χ2v) is 15.1. The predicted octanol–water partition coefficient (Wildman–Crippen LogP) is 4.27. The number of hydrogen-bond acceptors (Lipinski definition) is 8. The molecule has 1 N–H and O–H groups in total. The van der Waals surface area contributed by atoms with E-state index < -0.39 is 74.3 Å². The number of ketones is 2. The van der Waals surface area contributed by atoms with Crippen LogP contribution in [-0.2, 0) is 35.3 Å². The van der Waals surface area contributed by atoms with Gasteiger partial charge in [-0.2, -0.15) is 13.5 Å². The molecule has 12 heteroatoms. The van der Waals surface area contributed by atoms with Crippen molar-refractivity contribution in [3.63, 3.8) is 0 Å². The zero-order valence-corrected chi connectivity index (χ0v) is 25.2. The van der Waals surface area contributed by atoms with Crippen LogP contribution in [0.5, 0.6) is 0 Å². The summed E-state index contributed by atoms with van der Waals surface area (Å²) in [5, 5.41) is 13.9. The van der Waals surface area contributed by atoms with Gasteiger partial charge in [0, 0.05) is 53.6 Å². The topological polar surface area (TPSA) is 110 Å². The van der Waals surface area contributed by atoms with E-state index in [1.807, 2.05) is 12.1 Å². The first-order valence-electron chi connectivity index (χ1n) is 14.1. The number of aliphatic hydroxyl groups excluding tert-OH is 1. The fourth-order valence-electron chi connectivity index (χ4n) is 8.95. The molecular formula is C30H34ClF2NO7S. The molecule has 1 aromatic carbocycles. The van der Waals surface area contributed by atoms with Crippen LogP contribution in [0.3, 0.4) is 0 Å². The summed E-state index contributed by atoms with van der Waals surface area (Å²) in [7, 11) is -3.97. The molecule has 0 bridgehead atoms. The van der Waals surface area contributed by atoms with Gasteiger partial charge < -0.3 is 5.11 Å². The molecule has 0 unspecified atom stereocenters. The Morgan fingerprint density at radius 1 is 1.24 bits per heavy atom. The molecule has 0 radical (unpaired) electrons. The number of aliphatic hydroxyl groups is 1. The summed E-state index contributed by atoms with van der Waals surface area (Å²) in [5.74, 6) is -3.62. The van der Waals surface area contributed by atoms with Crippen molar-refractivity contribution in [2.24, 2.45) is 28.6 Å². The fraction of sp³-hybridized carbons (Fsp3) is 0.600. The minimum atomic E-state index is -3.97. The summed E-state index contributed by atoms with van der Waals surface area (Å²) in [5.41, 5.74) is -5.74. The van der Waals surface area contributed by atoms with Gasteiger partial charge in [0.05, 0.1) is 12.4 Å². The number of benzene rings is 1. The Labute approximate surface area is 248 Å². The number of hydroxylamine groups is 2. The molecule has 2 saturated carbocycles.